The van der Waals surface area contributed by atoms with Crippen molar-refractivity contribution < 1.29 is 10.2 Å². The molecule has 0 amide bonds. The minimum absolute atomic E-state index is 0.0478. The predicted octanol–water partition coefficient (Wildman–Crippen LogP) is 0.949. The summed E-state index contributed by atoms with van der Waals surface area (Å²) in [5.41, 5.74) is 0. The molecule has 0 aliphatic rings. The monoisotopic (exact) mass is 174 g/mol. The fourth-order valence-corrected chi connectivity index (χ4v) is 1.02. The van der Waals surface area contributed by atoms with E-state index in [-0.39, 0.29) is 6.61 Å². The molecule has 0 fully saturated rings. The van der Waals surface area contributed by atoms with Crippen molar-refractivity contribution in [1.82, 2.24) is 5.32 Å². The average Bonchev–Trinajstić information content (AvgIpc) is 2.10. The molecule has 0 unspecified atom stereocenters. The number of aliphatic hydroxyl groups excluding tert-OH is 1. The quantitative estimate of drug-likeness (QED) is 0.511. The lowest BCUT2D eigenvalue weighted by Gasteiger charge is -2.02. The Kier molecular flexibility index (Phi) is 10.8. The third-order valence-corrected chi connectivity index (χ3v) is 1.76. The van der Waals surface area contributed by atoms with Gasteiger partial charge in [-0.3, -0.25) is 0 Å². The Morgan fingerprint density at radius 3 is 2.17 bits per heavy atom. The molecular formula is C9H20NO2. The summed E-state index contributed by atoms with van der Waals surface area (Å²) in [5, 5.41) is 21.8. The molecule has 2 N–H and O–H groups in total. The average molecular weight is 174 g/mol. The van der Waals surface area contributed by atoms with Crippen LogP contribution < -0.4 is 5.32 Å². The topological polar surface area (TPSA) is 52.2 Å². The van der Waals surface area contributed by atoms with E-state index >= 15 is 0 Å². The van der Waals surface area contributed by atoms with Gasteiger partial charge >= 0.3 is 0 Å². The largest absolute Gasteiger partial charge is 0.396 e. The molecule has 0 atom stereocenters. The third kappa shape index (κ3) is 9.88. The summed E-state index contributed by atoms with van der Waals surface area (Å²) in [4.78, 5) is 0. The second-order valence-corrected chi connectivity index (χ2v) is 2.95. The summed E-state index contributed by atoms with van der Waals surface area (Å²) in [6.45, 7) is 2.32. The summed E-state index contributed by atoms with van der Waals surface area (Å²) >= 11 is 0. The predicted molar refractivity (Wildman–Crippen MR) is 48.6 cm³/mol. The summed E-state index contributed by atoms with van der Waals surface area (Å²) in [7, 11) is 0. The smallest absolute Gasteiger partial charge is 0.0822 e. The van der Waals surface area contributed by atoms with E-state index in [2.05, 4.69) is 5.32 Å². The molecule has 0 saturated carbocycles. The van der Waals surface area contributed by atoms with Gasteiger partial charge in [0.05, 0.1) is 6.61 Å². The normalized spacial score (nSPS) is 10.5. The first-order valence-corrected chi connectivity index (χ1v) is 4.81. The minimum atomic E-state index is 0.0478. The van der Waals surface area contributed by atoms with Crippen LogP contribution in [0.2, 0.25) is 0 Å². The van der Waals surface area contributed by atoms with Crippen LogP contribution in [0.1, 0.15) is 32.1 Å². The Balaban J connectivity index is 2.73. The van der Waals surface area contributed by atoms with Crippen molar-refractivity contribution in [2.24, 2.45) is 0 Å². The molecule has 0 aliphatic carbocycles. The van der Waals surface area contributed by atoms with Crippen LogP contribution in [-0.2, 0) is 5.11 Å². The summed E-state index contributed by atoms with van der Waals surface area (Å²) in [5.74, 6) is 0. The number of rotatable bonds is 9. The number of aliphatic hydroxyl groups is 1. The van der Waals surface area contributed by atoms with E-state index in [0.717, 1.165) is 45.2 Å². The highest BCUT2D eigenvalue weighted by atomic mass is 16.3. The number of hydrogen-bond donors (Lipinski definition) is 2. The standard InChI is InChI=1S/C9H20NO2/c11-8-4-1-2-6-10-7-3-5-9-12/h10-11H,1-9H2. The molecule has 0 aromatic carbocycles. The van der Waals surface area contributed by atoms with Gasteiger partial charge in [-0.15, -0.1) is 0 Å². The molecule has 73 valence electrons. The first-order chi connectivity index (χ1) is 5.91. The van der Waals surface area contributed by atoms with Crippen LogP contribution in [-0.4, -0.2) is 31.4 Å². The number of hydrogen-bond acceptors (Lipinski definition) is 2. The van der Waals surface area contributed by atoms with Gasteiger partial charge in [-0.2, -0.15) is 0 Å². The zero-order valence-electron chi connectivity index (χ0n) is 7.72. The van der Waals surface area contributed by atoms with Crippen LogP contribution in [0.4, 0.5) is 0 Å². The van der Waals surface area contributed by atoms with Crippen LogP contribution in [0.5, 0.6) is 0 Å². The Morgan fingerprint density at radius 1 is 0.917 bits per heavy atom. The van der Waals surface area contributed by atoms with Gasteiger partial charge in [-0.1, -0.05) is 0 Å². The van der Waals surface area contributed by atoms with Gasteiger partial charge in [0.1, 0.15) is 0 Å². The second kappa shape index (κ2) is 10.9. The molecule has 0 heterocycles. The molecule has 1 radical (unpaired) electrons. The van der Waals surface area contributed by atoms with Crippen molar-refractivity contribution in [2.75, 3.05) is 26.3 Å². The Morgan fingerprint density at radius 2 is 1.58 bits per heavy atom. The number of nitrogens with one attached hydrogen (secondary N) is 1. The maximum absolute atomic E-state index is 10.0. The maximum Gasteiger partial charge on any atom is 0.0822 e. The lowest BCUT2D eigenvalue weighted by atomic mass is 10.2. The zero-order chi connectivity index (χ0) is 9.07. The van der Waals surface area contributed by atoms with Crippen LogP contribution in [0.25, 0.3) is 0 Å². The summed E-state index contributed by atoms with van der Waals surface area (Å²) < 4.78 is 0. The van der Waals surface area contributed by atoms with Crippen molar-refractivity contribution in [2.45, 2.75) is 32.1 Å². The van der Waals surface area contributed by atoms with Crippen LogP contribution in [0, 0.1) is 0 Å². The Hall–Kier alpha value is -0.120. The molecule has 0 spiro atoms. The molecule has 12 heavy (non-hydrogen) atoms. The zero-order valence-corrected chi connectivity index (χ0v) is 7.72. The van der Waals surface area contributed by atoms with Crippen LogP contribution in [0.3, 0.4) is 0 Å². The van der Waals surface area contributed by atoms with Crippen LogP contribution in [0.15, 0.2) is 0 Å². The van der Waals surface area contributed by atoms with Gasteiger partial charge in [0.25, 0.3) is 0 Å². The van der Waals surface area contributed by atoms with E-state index in [4.69, 9.17) is 5.11 Å². The Labute approximate surface area is 74.8 Å². The molecule has 0 aliphatic heterocycles. The van der Waals surface area contributed by atoms with Gasteiger partial charge in [0.15, 0.2) is 0 Å². The Bertz CT molecular complexity index is 68.9. The first-order valence-electron chi connectivity index (χ1n) is 4.81. The maximum atomic E-state index is 10.0. The molecule has 0 aromatic rings. The van der Waals surface area contributed by atoms with Gasteiger partial charge in [-0.05, 0) is 45.2 Å². The van der Waals surface area contributed by atoms with Gasteiger partial charge in [-0.25, -0.2) is 5.11 Å². The second-order valence-electron chi connectivity index (χ2n) is 2.95. The van der Waals surface area contributed by atoms with Crippen molar-refractivity contribution in [3.8, 4) is 0 Å². The highest BCUT2D eigenvalue weighted by molar-refractivity contribution is 4.48. The molecule has 0 aromatic heterocycles. The van der Waals surface area contributed by atoms with Crippen molar-refractivity contribution in [3.05, 3.63) is 0 Å². The van der Waals surface area contributed by atoms with E-state index in [1.54, 1.807) is 0 Å². The lowest BCUT2D eigenvalue weighted by Crippen LogP contribution is -2.16. The van der Waals surface area contributed by atoms with Crippen molar-refractivity contribution in [1.29, 1.82) is 0 Å². The van der Waals surface area contributed by atoms with E-state index in [1.165, 1.54) is 0 Å². The molecule has 3 heteroatoms. The van der Waals surface area contributed by atoms with E-state index < -0.39 is 0 Å². The SMILES string of the molecule is [O]CCCCNCCCCCO. The van der Waals surface area contributed by atoms with E-state index in [9.17, 15) is 5.11 Å². The lowest BCUT2D eigenvalue weighted by molar-refractivity contribution is 0.186. The highest BCUT2D eigenvalue weighted by Crippen LogP contribution is 1.92. The van der Waals surface area contributed by atoms with Crippen LogP contribution >= 0.6 is 0 Å². The van der Waals surface area contributed by atoms with Crippen molar-refractivity contribution in [3.63, 3.8) is 0 Å². The molecule has 3 nitrogen and oxygen atoms in total. The molecule has 0 bridgehead atoms. The fourth-order valence-electron chi connectivity index (χ4n) is 1.02. The summed E-state index contributed by atoms with van der Waals surface area (Å²) in [6.07, 6.45) is 4.89. The minimum Gasteiger partial charge on any atom is -0.396 e. The third-order valence-electron chi connectivity index (χ3n) is 1.76. The number of unbranched alkanes of at least 4 members (excludes halogenated alkanes) is 3. The van der Waals surface area contributed by atoms with E-state index in [0.29, 0.717) is 6.61 Å². The van der Waals surface area contributed by atoms with Gasteiger partial charge in [0, 0.05) is 6.61 Å². The first kappa shape index (κ1) is 11.9. The molecular weight excluding hydrogens is 154 g/mol. The van der Waals surface area contributed by atoms with Crippen molar-refractivity contribution >= 4 is 0 Å². The van der Waals surface area contributed by atoms with Gasteiger partial charge in [0.2, 0.25) is 0 Å². The van der Waals surface area contributed by atoms with Gasteiger partial charge < -0.3 is 10.4 Å². The fraction of sp³-hybridized carbons (Fsp3) is 1.00. The van der Waals surface area contributed by atoms with E-state index in [1.807, 2.05) is 0 Å². The molecule has 0 rings (SSSR count). The molecule has 0 saturated heterocycles. The summed E-state index contributed by atoms with van der Waals surface area (Å²) in [6, 6.07) is 0. The highest BCUT2D eigenvalue weighted by Gasteiger charge is 1.89.